The molecule has 3 nitrogen and oxygen atoms in total. The first-order chi connectivity index (χ1) is 13.3. The molecule has 0 bridgehead atoms. The molecular formula is C24H22N2O. The van der Waals surface area contributed by atoms with E-state index in [-0.39, 0.29) is 0 Å². The highest BCUT2D eigenvalue weighted by atomic mass is 16.1. The molecular weight excluding hydrogens is 332 g/mol. The van der Waals surface area contributed by atoms with Gasteiger partial charge in [-0.05, 0) is 46.9 Å². The number of nitriles is 1. The standard InChI is InChI=1S/C24H22N2O/c1-2-7-19-14-18(15-25)12-13-24(19)26-16-20-8-3-5-10-22(20)23-11-6-4-9-21(23)17-27/h3-6,8-14,17,26H,2,7,16H2,1H3. The number of rotatable bonds is 7. The molecule has 0 saturated heterocycles. The molecule has 0 aliphatic carbocycles. The van der Waals surface area contributed by atoms with Crippen LogP contribution in [-0.2, 0) is 13.0 Å². The second-order valence-corrected chi connectivity index (χ2v) is 6.45. The van der Waals surface area contributed by atoms with Crippen LogP contribution in [0.2, 0.25) is 0 Å². The van der Waals surface area contributed by atoms with E-state index in [0.717, 1.165) is 47.1 Å². The van der Waals surface area contributed by atoms with E-state index in [9.17, 15) is 4.79 Å². The molecule has 0 fully saturated rings. The van der Waals surface area contributed by atoms with Crippen LogP contribution in [0.4, 0.5) is 5.69 Å². The molecule has 134 valence electrons. The van der Waals surface area contributed by atoms with Gasteiger partial charge in [0.05, 0.1) is 11.6 Å². The van der Waals surface area contributed by atoms with Gasteiger partial charge in [0.25, 0.3) is 0 Å². The average Bonchev–Trinajstić information content (AvgIpc) is 2.73. The molecule has 0 atom stereocenters. The Bertz CT molecular complexity index is 986. The quantitative estimate of drug-likeness (QED) is 0.562. The molecule has 0 amide bonds. The number of nitrogens with zero attached hydrogens (tertiary/aromatic N) is 1. The van der Waals surface area contributed by atoms with Crippen molar-refractivity contribution in [1.29, 1.82) is 5.26 Å². The molecule has 0 aromatic heterocycles. The van der Waals surface area contributed by atoms with Crippen LogP contribution in [0.1, 0.15) is 40.4 Å². The molecule has 0 heterocycles. The number of aryl methyl sites for hydroxylation is 1. The van der Waals surface area contributed by atoms with Gasteiger partial charge < -0.3 is 5.32 Å². The van der Waals surface area contributed by atoms with Crippen LogP contribution in [0, 0.1) is 11.3 Å². The van der Waals surface area contributed by atoms with Gasteiger partial charge in [0.2, 0.25) is 0 Å². The first kappa shape index (κ1) is 18.4. The van der Waals surface area contributed by atoms with Crippen LogP contribution in [-0.4, -0.2) is 6.29 Å². The number of hydrogen-bond acceptors (Lipinski definition) is 3. The lowest BCUT2D eigenvalue weighted by Crippen LogP contribution is -2.04. The minimum absolute atomic E-state index is 0.645. The molecule has 0 aliphatic heterocycles. The maximum absolute atomic E-state index is 11.4. The summed E-state index contributed by atoms with van der Waals surface area (Å²) in [5.41, 5.74) is 6.70. The summed E-state index contributed by atoms with van der Waals surface area (Å²) >= 11 is 0. The Labute approximate surface area is 160 Å². The van der Waals surface area contributed by atoms with Crippen LogP contribution >= 0.6 is 0 Å². The number of nitrogens with one attached hydrogen (secondary N) is 1. The first-order valence-corrected chi connectivity index (χ1v) is 9.16. The van der Waals surface area contributed by atoms with Crippen molar-refractivity contribution >= 4 is 12.0 Å². The van der Waals surface area contributed by atoms with Crippen LogP contribution < -0.4 is 5.32 Å². The second kappa shape index (κ2) is 8.82. The van der Waals surface area contributed by atoms with Gasteiger partial charge in [-0.3, -0.25) is 4.79 Å². The van der Waals surface area contributed by atoms with Crippen LogP contribution in [0.25, 0.3) is 11.1 Å². The van der Waals surface area contributed by atoms with E-state index in [0.29, 0.717) is 17.7 Å². The SMILES string of the molecule is CCCc1cc(C#N)ccc1NCc1ccccc1-c1ccccc1C=O. The van der Waals surface area contributed by atoms with Gasteiger partial charge in [0.1, 0.15) is 0 Å². The highest BCUT2D eigenvalue weighted by Gasteiger charge is 2.10. The number of aldehydes is 1. The van der Waals surface area contributed by atoms with E-state index in [1.165, 1.54) is 0 Å². The fourth-order valence-corrected chi connectivity index (χ4v) is 3.28. The van der Waals surface area contributed by atoms with Gasteiger partial charge in [0.15, 0.2) is 6.29 Å². The zero-order valence-electron chi connectivity index (χ0n) is 15.4. The Kier molecular flexibility index (Phi) is 6.02. The number of anilines is 1. The van der Waals surface area contributed by atoms with Crippen molar-refractivity contribution < 1.29 is 4.79 Å². The maximum Gasteiger partial charge on any atom is 0.150 e. The molecule has 3 aromatic rings. The Hall–Kier alpha value is -3.38. The van der Waals surface area contributed by atoms with Gasteiger partial charge >= 0.3 is 0 Å². The Morgan fingerprint density at radius 3 is 2.44 bits per heavy atom. The second-order valence-electron chi connectivity index (χ2n) is 6.45. The lowest BCUT2D eigenvalue weighted by atomic mass is 9.95. The summed E-state index contributed by atoms with van der Waals surface area (Å²) in [5.74, 6) is 0. The fraction of sp³-hybridized carbons (Fsp3) is 0.167. The molecule has 0 aliphatic rings. The minimum Gasteiger partial charge on any atom is -0.381 e. The van der Waals surface area contributed by atoms with Crippen LogP contribution in [0.3, 0.4) is 0 Å². The third kappa shape index (κ3) is 4.24. The smallest absolute Gasteiger partial charge is 0.150 e. The molecule has 1 N–H and O–H groups in total. The average molecular weight is 354 g/mol. The van der Waals surface area contributed by atoms with E-state index in [1.54, 1.807) is 0 Å². The van der Waals surface area contributed by atoms with Gasteiger partial charge in [-0.15, -0.1) is 0 Å². The molecule has 3 aromatic carbocycles. The summed E-state index contributed by atoms with van der Waals surface area (Å²) in [6.07, 6.45) is 2.85. The zero-order valence-corrected chi connectivity index (χ0v) is 15.4. The van der Waals surface area contributed by atoms with Crippen molar-refractivity contribution in [1.82, 2.24) is 0 Å². The summed E-state index contributed by atoms with van der Waals surface area (Å²) in [5, 5.41) is 12.7. The summed E-state index contributed by atoms with van der Waals surface area (Å²) in [7, 11) is 0. The van der Waals surface area contributed by atoms with Crippen molar-refractivity contribution in [3.63, 3.8) is 0 Å². The Morgan fingerprint density at radius 1 is 0.963 bits per heavy atom. The summed E-state index contributed by atoms with van der Waals surface area (Å²) in [6.45, 7) is 2.78. The predicted molar refractivity (Wildman–Crippen MR) is 110 cm³/mol. The lowest BCUT2D eigenvalue weighted by molar-refractivity contribution is 0.112. The van der Waals surface area contributed by atoms with Crippen LogP contribution in [0.5, 0.6) is 0 Å². The molecule has 3 heteroatoms. The van der Waals surface area contributed by atoms with E-state index >= 15 is 0 Å². The Morgan fingerprint density at radius 2 is 1.70 bits per heavy atom. The normalized spacial score (nSPS) is 10.2. The number of carbonyl (C=O) groups is 1. The fourth-order valence-electron chi connectivity index (χ4n) is 3.28. The number of hydrogen-bond donors (Lipinski definition) is 1. The van der Waals surface area contributed by atoms with Crippen molar-refractivity contribution in [2.24, 2.45) is 0 Å². The summed E-state index contributed by atoms with van der Waals surface area (Å²) in [4.78, 5) is 11.4. The van der Waals surface area contributed by atoms with E-state index < -0.39 is 0 Å². The predicted octanol–water partition coefficient (Wildman–Crippen LogP) is 5.60. The minimum atomic E-state index is 0.645. The molecule has 0 saturated carbocycles. The first-order valence-electron chi connectivity index (χ1n) is 9.16. The topological polar surface area (TPSA) is 52.9 Å². The van der Waals surface area contributed by atoms with Gasteiger partial charge in [-0.2, -0.15) is 5.26 Å². The molecule has 0 spiro atoms. The molecule has 0 radical (unpaired) electrons. The largest absolute Gasteiger partial charge is 0.381 e. The maximum atomic E-state index is 11.4. The monoisotopic (exact) mass is 354 g/mol. The number of carbonyl (C=O) groups excluding carboxylic acids is 1. The van der Waals surface area contributed by atoms with Crippen LogP contribution in [0.15, 0.2) is 66.7 Å². The van der Waals surface area contributed by atoms with Crippen molar-refractivity contribution in [2.45, 2.75) is 26.3 Å². The van der Waals surface area contributed by atoms with Crippen molar-refractivity contribution in [3.05, 3.63) is 89.0 Å². The van der Waals surface area contributed by atoms with E-state index in [4.69, 9.17) is 5.26 Å². The van der Waals surface area contributed by atoms with Crippen molar-refractivity contribution in [2.75, 3.05) is 5.32 Å². The highest BCUT2D eigenvalue weighted by molar-refractivity contribution is 5.88. The summed E-state index contributed by atoms with van der Waals surface area (Å²) in [6, 6.07) is 23.8. The van der Waals surface area contributed by atoms with Gasteiger partial charge in [-0.25, -0.2) is 0 Å². The van der Waals surface area contributed by atoms with Gasteiger partial charge in [0, 0.05) is 17.8 Å². The van der Waals surface area contributed by atoms with E-state index in [1.807, 2.05) is 60.7 Å². The number of benzene rings is 3. The molecule has 0 unspecified atom stereocenters. The Balaban J connectivity index is 1.90. The van der Waals surface area contributed by atoms with Gasteiger partial charge in [-0.1, -0.05) is 61.9 Å². The third-order valence-corrected chi connectivity index (χ3v) is 4.62. The lowest BCUT2D eigenvalue weighted by Gasteiger charge is -2.15. The molecule has 27 heavy (non-hydrogen) atoms. The highest BCUT2D eigenvalue weighted by Crippen LogP contribution is 2.28. The summed E-state index contributed by atoms with van der Waals surface area (Å²) < 4.78 is 0. The molecule has 3 rings (SSSR count). The third-order valence-electron chi connectivity index (χ3n) is 4.62. The van der Waals surface area contributed by atoms with E-state index in [2.05, 4.69) is 24.4 Å². The zero-order chi connectivity index (χ0) is 19.1. The van der Waals surface area contributed by atoms with Crippen molar-refractivity contribution in [3.8, 4) is 17.2 Å².